The minimum Gasteiger partial charge on any atom is -0.481 e. The van der Waals surface area contributed by atoms with Crippen molar-refractivity contribution < 1.29 is 19.8 Å². The molecule has 2 atom stereocenters. The van der Waals surface area contributed by atoms with Gasteiger partial charge >= 0.3 is 5.97 Å². The first-order chi connectivity index (χ1) is 9.97. The van der Waals surface area contributed by atoms with Gasteiger partial charge in [0.25, 0.3) is 0 Å². The van der Waals surface area contributed by atoms with Crippen molar-refractivity contribution in [3.8, 4) is 0 Å². The average Bonchev–Trinajstić information content (AvgIpc) is 2.97. The predicted molar refractivity (Wildman–Crippen MR) is 77.8 cm³/mol. The van der Waals surface area contributed by atoms with Crippen LogP contribution >= 0.6 is 0 Å². The molecule has 1 aromatic carbocycles. The van der Waals surface area contributed by atoms with Crippen molar-refractivity contribution in [1.82, 2.24) is 4.90 Å². The first kappa shape index (κ1) is 15.5. The Morgan fingerprint density at radius 3 is 2.52 bits per heavy atom. The summed E-state index contributed by atoms with van der Waals surface area (Å²) >= 11 is 0. The number of nitrogens with zero attached hydrogens (tertiary/aromatic N) is 1. The van der Waals surface area contributed by atoms with Crippen molar-refractivity contribution in [3.63, 3.8) is 0 Å². The molecule has 21 heavy (non-hydrogen) atoms. The van der Waals surface area contributed by atoms with Crippen LogP contribution in [0.1, 0.15) is 25.3 Å². The first-order valence-electron chi connectivity index (χ1n) is 7.15. The predicted octanol–water partition coefficient (Wildman–Crippen LogP) is 1.26. The van der Waals surface area contributed by atoms with Crippen LogP contribution in [0.15, 0.2) is 30.3 Å². The number of carboxylic acids is 1. The maximum atomic E-state index is 12.4. The van der Waals surface area contributed by atoms with Crippen molar-refractivity contribution >= 4 is 11.9 Å². The van der Waals surface area contributed by atoms with Crippen molar-refractivity contribution in [1.29, 1.82) is 0 Å². The van der Waals surface area contributed by atoms with E-state index in [4.69, 9.17) is 5.11 Å². The van der Waals surface area contributed by atoms with Gasteiger partial charge in [-0.05, 0) is 18.9 Å². The molecule has 2 N–H and O–H groups in total. The third-order valence-corrected chi connectivity index (χ3v) is 4.28. The number of rotatable bonds is 5. The lowest BCUT2D eigenvalue weighted by Gasteiger charge is -2.27. The molecule has 2 unspecified atom stereocenters. The number of benzene rings is 1. The second kappa shape index (κ2) is 6.26. The molecule has 0 radical (unpaired) electrons. The molecule has 1 fully saturated rings. The van der Waals surface area contributed by atoms with Crippen molar-refractivity contribution in [2.45, 2.75) is 25.2 Å². The zero-order chi connectivity index (χ0) is 15.5. The molecule has 0 spiro atoms. The van der Waals surface area contributed by atoms with E-state index < -0.39 is 11.4 Å². The largest absolute Gasteiger partial charge is 0.481 e. The molecule has 1 saturated heterocycles. The quantitative estimate of drug-likeness (QED) is 0.856. The minimum absolute atomic E-state index is 0.0650. The second-order valence-corrected chi connectivity index (χ2v) is 5.86. The number of hydrogen-bond donors (Lipinski definition) is 2. The van der Waals surface area contributed by atoms with E-state index in [1.165, 1.54) is 0 Å². The van der Waals surface area contributed by atoms with Crippen molar-refractivity contribution in [2.24, 2.45) is 5.92 Å². The number of aliphatic hydroxyl groups excluding tert-OH is 1. The summed E-state index contributed by atoms with van der Waals surface area (Å²) in [6.45, 7) is 2.76. The van der Waals surface area contributed by atoms with Gasteiger partial charge in [0, 0.05) is 32.0 Å². The topological polar surface area (TPSA) is 77.8 Å². The summed E-state index contributed by atoms with van der Waals surface area (Å²) in [5.41, 5.74) is -0.598. The Hall–Kier alpha value is -1.88. The molecular weight excluding hydrogens is 270 g/mol. The number of likely N-dealkylation sites (tertiary alicyclic amines) is 1. The van der Waals surface area contributed by atoms with Crippen LogP contribution in [0, 0.1) is 5.92 Å². The highest BCUT2D eigenvalue weighted by Crippen LogP contribution is 2.30. The van der Waals surface area contributed by atoms with Crippen LogP contribution in [-0.4, -0.2) is 46.7 Å². The van der Waals surface area contributed by atoms with Crippen LogP contribution in [0.5, 0.6) is 0 Å². The van der Waals surface area contributed by atoms with Gasteiger partial charge in [-0.1, -0.05) is 30.3 Å². The van der Waals surface area contributed by atoms with Crippen LogP contribution in [0.2, 0.25) is 0 Å². The Morgan fingerprint density at radius 1 is 1.33 bits per heavy atom. The van der Waals surface area contributed by atoms with E-state index in [1.54, 1.807) is 36.1 Å². The molecule has 0 saturated carbocycles. The Bertz CT molecular complexity index is 516. The first-order valence-corrected chi connectivity index (χ1v) is 7.15. The standard InChI is InChI=1S/C16H21NO4/c1-16(15(20)21,13-5-3-2-4-6-13)9-14(19)17-8-7-12(10-17)11-18/h2-6,12,18H,7-11H2,1H3,(H,20,21). The highest BCUT2D eigenvalue weighted by atomic mass is 16.4. The van der Waals surface area contributed by atoms with Gasteiger partial charge in [-0.2, -0.15) is 0 Å². The van der Waals surface area contributed by atoms with E-state index in [0.29, 0.717) is 18.7 Å². The molecule has 1 heterocycles. The fourth-order valence-electron chi connectivity index (χ4n) is 2.73. The molecule has 0 aromatic heterocycles. The van der Waals surface area contributed by atoms with E-state index in [9.17, 15) is 14.7 Å². The van der Waals surface area contributed by atoms with Crippen LogP contribution in [0.4, 0.5) is 0 Å². The highest BCUT2D eigenvalue weighted by molar-refractivity contribution is 5.89. The zero-order valence-electron chi connectivity index (χ0n) is 12.2. The van der Waals surface area contributed by atoms with E-state index in [0.717, 1.165) is 6.42 Å². The summed E-state index contributed by atoms with van der Waals surface area (Å²) in [5, 5.41) is 18.7. The van der Waals surface area contributed by atoms with E-state index in [1.807, 2.05) is 6.07 Å². The van der Waals surface area contributed by atoms with Gasteiger partial charge in [0.05, 0.1) is 5.41 Å². The van der Waals surface area contributed by atoms with Crippen LogP contribution in [-0.2, 0) is 15.0 Å². The molecule has 2 rings (SSSR count). The Balaban J connectivity index is 2.14. The Kier molecular flexibility index (Phi) is 4.63. The molecule has 1 aliphatic heterocycles. The van der Waals surface area contributed by atoms with Gasteiger partial charge in [-0.3, -0.25) is 9.59 Å². The molecule has 1 aromatic rings. The molecule has 114 valence electrons. The maximum Gasteiger partial charge on any atom is 0.314 e. The van der Waals surface area contributed by atoms with E-state index in [2.05, 4.69) is 0 Å². The number of aliphatic carboxylic acids is 1. The third kappa shape index (κ3) is 3.24. The fraction of sp³-hybridized carbons (Fsp3) is 0.500. The zero-order valence-corrected chi connectivity index (χ0v) is 12.2. The van der Waals surface area contributed by atoms with Gasteiger partial charge in [0.2, 0.25) is 5.91 Å². The summed E-state index contributed by atoms with van der Waals surface area (Å²) in [6, 6.07) is 8.85. The van der Waals surface area contributed by atoms with E-state index in [-0.39, 0.29) is 24.9 Å². The molecule has 5 nitrogen and oxygen atoms in total. The minimum atomic E-state index is -1.23. The monoisotopic (exact) mass is 291 g/mol. The van der Waals surface area contributed by atoms with Crippen LogP contribution in [0.25, 0.3) is 0 Å². The third-order valence-electron chi connectivity index (χ3n) is 4.28. The maximum absolute atomic E-state index is 12.4. The van der Waals surface area contributed by atoms with Gasteiger partial charge < -0.3 is 15.1 Å². The van der Waals surface area contributed by atoms with Crippen molar-refractivity contribution in [3.05, 3.63) is 35.9 Å². The van der Waals surface area contributed by atoms with Gasteiger partial charge in [-0.25, -0.2) is 0 Å². The summed E-state index contributed by atoms with van der Waals surface area (Å²) < 4.78 is 0. The molecular formula is C16H21NO4. The SMILES string of the molecule is CC(CC(=O)N1CCC(CO)C1)(C(=O)O)c1ccccc1. The molecule has 0 aliphatic carbocycles. The second-order valence-electron chi connectivity index (χ2n) is 5.86. The van der Waals surface area contributed by atoms with Gasteiger partial charge in [0.15, 0.2) is 0 Å². The van der Waals surface area contributed by atoms with Crippen LogP contribution in [0.3, 0.4) is 0 Å². The lowest BCUT2D eigenvalue weighted by molar-refractivity contribution is -0.147. The Morgan fingerprint density at radius 2 is 2.00 bits per heavy atom. The number of aliphatic hydroxyl groups is 1. The number of amides is 1. The summed E-state index contributed by atoms with van der Waals surface area (Å²) in [7, 11) is 0. The fourth-order valence-corrected chi connectivity index (χ4v) is 2.73. The molecule has 5 heteroatoms. The molecule has 0 bridgehead atoms. The smallest absolute Gasteiger partial charge is 0.314 e. The normalized spacial score (nSPS) is 21.0. The number of hydrogen-bond acceptors (Lipinski definition) is 3. The van der Waals surface area contributed by atoms with Crippen LogP contribution < -0.4 is 0 Å². The highest BCUT2D eigenvalue weighted by Gasteiger charge is 2.39. The summed E-state index contributed by atoms with van der Waals surface area (Å²) in [4.78, 5) is 25.7. The molecule has 1 amide bonds. The number of carboxylic acid groups (broad SMARTS) is 1. The van der Waals surface area contributed by atoms with Gasteiger partial charge in [0.1, 0.15) is 0 Å². The van der Waals surface area contributed by atoms with Crippen molar-refractivity contribution in [2.75, 3.05) is 19.7 Å². The number of carbonyl (C=O) groups excluding carboxylic acids is 1. The lowest BCUT2D eigenvalue weighted by Crippen LogP contribution is -2.40. The number of carbonyl (C=O) groups is 2. The lowest BCUT2D eigenvalue weighted by atomic mass is 9.79. The average molecular weight is 291 g/mol. The molecule has 1 aliphatic rings. The van der Waals surface area contributed by atoms with E-state index >= 15 is 0 Å². The Labute approximate surface area is 124 Å². The summed E-state index contributed by atoms with van der Waals surface area (Å²) in [5.74, 6) is -1.05. The van der Waals surface area contributed by atoms with Gasteiger partial charge in [-0.15, -0.1) is 0 Å². The summed E-state index contributed by atoms with van der Waals surface area (Å²) in [6.07, 6.45) is 0.710.